The summed E-state index contributed by atoms with van der Waals surface area (Å²) in [6.07, 6.45) is 6.16. The van der Waals surface area contributed by atoms with Crippen LogP contribution in [0.1, 0.15) is 59.0 Å². The van der Waals surface area contributed by atoms with E-state index in [1.54, 1.807) is 0 Å². The van der Waals surface area contributed by atoms with E-state index in [-0.39, 0.29) is 0 Å². The van der Waals surface area contributed by atoms with Crippen LogP contribution in [0.25, 0.3) is 0 Å². The molecule has 2 fully saturated rings. The lowest BCUT2D eigenvalue weighted by molar-refractivity contribution is 0.112. The van der Waals surface area contributed by atoms with Gasteiger partial charge in [0.05, 0.1) is 0 Å². The smallest absolute Gasteiger partial charge is 0.150 e. The Hall–Kier alpha value is -1.11. The maximum atomic E-state index is 11.1. The zero-order chi connectivity index (χ0) is 9.54. The number of hydrogen-bond acceptors (Lipinski definition) is 1. The van der Waals surface area contributed by atoms with Gasteiger partial charge in [-0.25, -0.2) is 0 Å². The Bertz CT molecular complexity index is 343. The molecular weight excluding hydrogens is 172 g/mol. The summed E-state index contributed by atoms with van der Waals surface area (Å²) in [6.45, 7) is 0. The Kier molecular flexibility index (Phi) is 1.73. The summed E-state index contributed by atoms with van der Waals surface area (Å²) >= 11 is 0. The van der Waals surface area contributed by atoms with Gasteiger partial charge in [0.15, 0.2) is 6.29 Å². The second kappa shape index (κ2) is 2.94. The molecule has 0 radical (unpaired) electrons. The third-order valence-corrected chi connectivity index (χ3v) is 3.33. The van der Waals surface area contributed by atoms with Crippen molar-refractivity contribution in [1.29, 1.82) is 0 Å². The number of rotatable bonds is 3. The third-order valence-electron chi connectivity index (χ3n) is 3.33. The minimum Gasteiger partial charge on any atom is -0.298 e. The van der Waals surface area contributed by atoms with Gasteiger partial charge in [-0.1, -0.05) is 18.2 Å². The van der Waals surface area contributed by atoms with Crippen LogP contribution >= 0.6 is 0 Å². The first-order chi connectivity index (χ1) is 6.90. The molecule has 3 rings (SSSR count). The van der Waals surface area contributed by atoms with E-state index < -0.39 is 0 Å². The molecule has 2 aliphatic rings. The van der Waals surface area contributed by atoms with Crippen LogP contribution < -0.4 is 0 Å². The van der Waals surface area contributed by atoms with E-state index in [4.69, 9.17) is 0 Å². The Labute approximate surface area is 84.1 Å². The van der Waals surface area contributed by atoms with Crippen molar-refractivity contribution in [3.8, 4) is 0 Å². The lowest BCUT2D eigenvalue weighted by Crippen LogP contribution is -1.96. The number of carbonyl (C=O) groups excluding carboxylic acids is 1. The molecule has 1 heteroatoms. The minimum absolute atomic E-state index is 0.689. The highest BCUT2D eigenvalue weighted by Crippen LogP contribution is 2.46. The Balaban J connectivity index is 2.09. The quantitative estimate of drug-likeness (QED) is 0.662. The van der Waals surface area contributed by atoms with Gasteiger partial charge < -0.3 is 0 Å². The molecule has 1 aromatic carbocycles. The van der Waals surface area contributed by atoms with Crippen molar-refractivity contribution in [2.24, 2.45) is 0 Å². The predicted octanol–water partition coefficient (Wildman–Crippen LogP) is 3.25. The van der Waals surface area contributed by atoms with Crippen LogP contribution in [0.4, 0.5) is 0 Å². The number of aldehydes is 1. The van der Waals surface area contributed by atoms with Crippen molar-refractivity contribution < 1.29 is 4.79 Å². The van der Waals surface area contributed by atoms with E-state index >= 15 is 0 Å². The summed E-state index contributed by atoms with van der Waals surface area (Å²) in [6, 6.07) is 6.38. The van der Waals surface area contributed by atoms with Crippen molar-refractivity contribution >= 4 is 6.29 Å². The molecule has 0 amide bonds. The largest absolute Gasteiger partial charge is 0.298 e. The first kappa shape index (κ1) is 8.22. The molecule has 1 aromatic rings. The molecule has 2 saturated carbocycles. The SMILES string of the molecule is O=Cc1c(C2CC2)cccc1C1CC1. The molecule has 0 unspecified atom stereocenters. The third kappa shape index (κ3) is 1.28. The zero-order valence-corrected chi connectivity index (χ0v) is 8.20. The lowest BCUT2D eigenvalue weighted by Gasteiger charge is -2.08. The average Bonchev–Trinajstić information content (AvgIpc) is 3.04. The summed E-state index contributed by atoms with van der Waals surface area (Å²) in [4.78, 5) is 11.1. The minimum atomic E-state index is 0.689. The first-order valence-corrected chi connectivity index (χ1v) is 5.48. The van der Waals surface area contributed by atoms with Crippen molar-refractivity contribution in [3.63, 3.8) is 0 Å². The first-order valence-electron chi connectivity index (χ1n) is 5.48. The Morgan fingerprint density at radius 2 is 1.50 bits per heavy atom. The molecule has 0 atom stereocenters. The van der Waals surface area contributed by atoms with Gasteiger partial charge in [-0.15, -0.1) is 0 Å². The molecule has 0 spiro atoms. The molecule has 0 saturated heterocycles. The number of benzene rings is 1. The molecule has 0 aliphatic heterocycles. The summed E-state index contributed by atoms with van der Waals surface area (Å²) in [5.41, 5.74) is 3.63. The fourth-order valence-corrected chi connectivity index (χ4v) is 2.24. The van der Waals surface area contributed by atoms with Crippen LogP contribution in [0, 0.1) is 0 Å². The normalized spacial score (nSPS) is 20.9. The van der Waals surface area contributed by atoms with E-state index in [1.807, 2.05) is 0 Å². The van der Waals surface area contributed by atoms with Crippen LogP contribution in [-0.2, 0) is 0 Å². The summed E-state index contributed by atoms with van der Waals surface area (Å²) in [5.74, 6) is 1.38. The second-order valence-electron chi connectivity index (χ2n) is 4.52. The van der Waals surface area contributed by atoms with Gasteiger partial charge in [-0.05, 0) is 48.6 Å². The highest BCUT2D eigenvalue weighted by Gasteiger charge is 2.31. The summed E-state index contributed by atoms with van der Waals surface area (Å²) in [7, 11) is 0. The van der Waals surface area contributed by atoms with Crippen molar-refractivity contribution in [2.75, 3.05) is 0 Å². The van der Waals surface area contributed by atoms with Gasteiger partial charge in [0, 0.05) is 5.56 Å². The van der Waals surface area contributed by atoms with Gasteiger partial charge in [0.1, 0.15) is 0 Å². The van der Waals surface area contributed by atoms with Gasteiger partial charge in [0.2, 0.25) is 0 Å². The molecule has 14 heavy (non-hydrogen) atoms. The molecule has 0 bridgehead atoms. The van der Waals surface area contributed by atoms with Crippen LogP contribution in [0.2, 0.25) is 0 Å². The fraction of sp³-hybridized carbons (Fsp3) is 0.462. The molecule has 72 valence electrons. The number of carbonyl (C=O) groups is 1. The molecule has 2 aliphatic carbocycles. The monoisotopic (exact) mass is 186 g/mol. The molecule has 0 heterocycles. The van der Waals surface area contributed by atoms with Crippen LogP contribution in [0.15, 0.2) is 18.2 Å². The standard InChI is InChI=1S/C13H14O/c14-8-13-11(9-4-5-9)2-1-3-12(13)10-6-7-10/h1-3,8-10H,4-7H2. The highest BCUT2D eigenvalue weighted by molar-refractivity contribution is 5.81. The second-order valence-corrected chi connectivity index (χ2v) is 4.52. The van der Waals surface area contributed by atoms with Crippen LogP contribution in [0.5, 0.6) is 0 Å². The van der Waals surface area contributed by atoms with Gasteiger partial charge in [-0.2, -0.15) is 0 Å². The molecular formula is C13H14O. The molecule has 0 N–H and O–H groups in total. The van der Waals surface area contributed by atoms with Crippen LogP contribution in [0.3, 0.4) is 0 Å². The van der Waals surface area contributed by atoms with E-state index in [1.165, 1.54) is 36.8 Å². The summed E-state index contributed by atoms with van der Waals surface area (Å²) in [5, 5.41) is 0. The van der Waals surface area contributed by atoms with Gasteiger partial charge in [0.25, 0.3) is 0 Å². The maximum Gasteiger partial charge on any atom is 0.150 e. The zero-order valence-electron chi connectivity index (χ0n) is 8.20. The van der Waals surface area contributed by atoms with E-state index in [0.717, 1.165) is 11.8 Å². The van der Waals surface area contributed by atoms with E-state index in [9.17, 15) is 4.79 Å². The highest BCUT2D eigenvalue weighted by atomic mass is 16.1. The van der Waals surface area contributed by atoms with Gasteiger partial charge in [-0.3, -0.25) is 4.79 Å². The number of hydrogen-bond donors (Lipinski definition) is 0. The molecule has 0 aromatic heterocycles. The topological polar surface area (TPSA) is 17.1 Å². The van der Waals surface area contributed by atoms with E-state index in [0.29, 0.717) is 11.8 Å². The average molecular weight is 186 g/mol. The Morgan fingerprint density at radius 1 is 1.00 bits per heavy atom. The summed E-state index contributed by atoms with van der Waals surface area (Å²) < 4.78 is 0. The molecule has 1 nitrogen and oxygen atoms in total. The predicted molar refractivity (Wildman–Crippen MR) is 55.8 cm³/mol. The van der Waals surface area contributed by atoms with Crippen LogP contribution in [-0.4, -0.2) is 6.29 Å². The lowest BCUT2D eigenvalue weighted by atomic mass is 9.96. The maximum absolute atomic E-state index is 11.1. The van der Waals surface area contributed by atoms with Crippen molar-refractivity contribution in [3.05, 3.63) is 34.9 Å². The van der Waals surface area contributed by atoms with Crippen molar-refractivity contribution in [1.82, 2.24) is 0 Å². The fourth-order valence-electron chi connectivity index (χ4n) is 2.24. The van der Waals surface area contributed by atoms with E-state index in [2.05, 4.69) is 18.2 Å². The Morgan fingerprint density at radius 3 is 1.86 bits per heavy atom. The van der Waals surface area contributed by atoms with Crippen molar-refractivity contribution in [2.45, 2.75) is 37.5 Å². The van der Waals surface area contributed by atoms with Gasteiger partial charge >= 0.3 is 0 Å².